The van der Waals surface area contributed by atoms with Gasteiger partial charge in [-0.2, -0.15) is 0 Å². The molecule has 98 valence electrons. The van der Waals surface area contributed by atoms with Gasteiger partial charge in [-0.15, -0.1) is 6.58 Å². The topological polar surface area (TPSA) is 12.4 Å². The summed E-state index contributed by atoms with van der Waals surface area (Å²) >= 11 is 0. The van der Waals surface area contributed by atoms with Crippen LogP contribution in [0.25, 0.3) is 0 Å². The second-order valence-electron chi connectivity index (χ2n) is 4.30. The third kappa shape index (κ3) is 12.9. The molecule has 0 aliphatic heterocycles. The fourth-order valence-corrected chi connectivity index (χ4v) is 0.856. The molecule has 1 atom stereocenters. The Morgan fingerprint density at radius 3 is 2.24 bits per heavy atom. The standard InChI is InChI=1S/C13H21N.C3H8/c1-5-8-11-14-12-9-10-13(4,6-2)7-3;1-3-2/h6,11H,2,5,7-8,12H2,1,3-4H3;3H2,1-2H3. The summed E-state index contributed by atoms with van der Waals surface area (Å²) in [7, 11) is 0. The van der Waals surface area contributed by atoms with E-state index in [2.05, 4.69) is 58.0 Å². The van der Waals surface area contributed by atoms with Gasteiger partial charge in [0, 0.05) is 5.41 Å². The van der Waals surface area contributed by atoms with E-state index in [-0.39, 0.29) is 5.41 Å². The van der Waals surface area contributed by atoms with Gasteiger partial charge in [0.2, 0.25) is 0 Å². The third-order valence-electron chi connectivity index (χ3n) is 2.28. The van der Waals surface area contributed by atoms with Crippen LogP contribution >= 0.6 is 0 Å². The minimum atomic E-state index is -0.0414. The van der Waals surface area contributed by atoms with Crippen molar-refractivity contribution in [3.8, 4) is 11.8 Å². The van der Waals surface area contributed by atoms with Crippen molar-refractivity contribution in [3.63, 3.8) is 0 Å². The molecule has 0 saturated carbocycles. The number of unbranched alkanes of at least 4 members (excludes halogenated alkanes) is 1. The van der Waals surface area contributed by atoms with Crippen LogP contribution < -0.4 is 0 Å². The first-order valence-corrected chi connectivity index (χ1v) is 6.72. The van der Waals surface area contributed by atoms with Gasteiger partial charge in [-0.05, 0) is 26.0 Å². The summed E-state index contributed by atoms with van der Waals surface area (Å²) in [5.74, 6) is 6.26. The zero-order valence-electron chi connectivity index (χ0n) is 12.3. The second kappa shape index (κ2) is 13.0. The fraction of sp³-hybridized carbons (Fsp3) is 0.688. The Kier molecular flexibility index (Phi) is 14.1. The van der Waals surface area contributed by atoms with Crippen molar-refractivity contribution in [2.75, 3.05) is 6.54 Å². The summed E-state index contributed by atoms with van der Waals surface area (Å²) in [6, 6.07) is 0. The van der Waals surface area contributed by atoms with Gasteiger partial charge >= 0.3 is 0 Å². The number of nitrogens with zero attached hydrogens (tertiary/aromatic N) is 1. The largest absolute Gasteiger partial charge is 0.285 e. The molecule has 0 aromatic rings. The number of aliphatic imine (C=N–C) groups is 1. The minimum Gasteiger partial charge on any atom is -0.285 e. The van der Waals surface area contributed by atoms with E-state index in [4.69, 9.17) is 0 Å². The second-order valence-corrected chi connectivity index (χ2v) is 4.30. The molecule has 0 spiro atoms. The summed E-state index contributed by atoms with van der Waals surface area (Å²) in [6.45, 7) is 15.0. The molecule has 0 aromatic carbocycles. The first-order valence-electron chi connectivity index (χ1n) is 6.72. The third-order valence-corrected chi connectivity index (χ3v) is 2.28. The average molecular weight is 235 g/mol. The summed E-state index contributed by atoms with van der Waals surface area (Å²) in [4.78, 5) is 4.20. The quantitative estimate of drug-likeness (QED) is 0.366. The number of rotatable bonds is 5. The Balaban J connectivity index is 0. The lowest BCUT2D eigenvalue weighted by atomic mass is 9.89. The van der Waals surface area contributed by atoms with Crippen LogP contribution in [-0.4, -0.2) is 12.8 Å². The predicted octanol–water partition coefficient (Wildman–Crippen LogP) is 4.88. The molecule has 0 aliphatic rings. The molecular formula is C16H29N. The Hall–Kier alpha value is -1.03. The highest BCUT2D eigenvalue weighted by Crippen LogP contribution is 2.20. The van der Waals surface area contributed by atoms with Crippen molar-refractivity contribution in [2.24, 2.45) is 10.4 Å². The molecule has 17 heavy (non-hydrogen) atoms. The lowest BCUT2D eigenvalue weighted by molar-refractivity contribution is 0.555. The molecule has 1 heteroatoms. The molecule has 0 bridgehead atoms. The van der Waals surface area contributed by atoms with E-state index in [1.807, 2.05) is 12.3 Å². The molecule has 0 rings (SSSR count). The maximum Gasteiger partial charge on any atom is 0.0993 e. The lowest BCUT2D eigenvalue weighted by Gasteiger charge is -2.14. The minimum absolute atomic E-state index is 0.0414. The van der Waals surface area contributed by atoms with Gasteiger partial charge in [-0.3, -0.25) is 4.99 Å². The molecule has 0 aliphatic carbocycles. The van der Waals surface area contributed by atoms with Crippen LogP contribution in [0.4, 0.5) is 0 Å². The monoisotopic (exact) mass is 235 g/mol. The van der Waals surface area contributed by atoms with Crippen molar-refractivity contribution in [1.29, 1.82) is 0 Å². The average Bonchev–Trinajstić information content (AvgIpc) is 2.34. The zero-order chi connectivity index (χ0) is 13.6. The van der Waals surface area contributed by atoms with Crippen molar-refractivity contribution in [1.82, 2.24) is 0 Å². The molecule has 0 amide bonds. The van der Waals surface area contributed by atoms with Gasteiger partial charge in [0.15, 0.2) is 0 Å². The molecular weight excluding hydrogens is 206 g/mol. The first-order chi connectivity index (χ1) is 8.10. The van der Waals surface area contributed by atoms with Crippen LogP contribution in [0, 0.1) is 17.3 Å². The van der Waals surface area contributed by atoms with Crippen LogP contribution in [0.5, 0.6) is 0 Å². The molecule has 0 saturated heterocycles. The fourth-order valence-electron chi connectivity index (χ4n) is 0.856. The summed E-state index contributed by atoms with van der Waals surface area (Å²) in [6.07, 6.45) is 8.31. The van der Waals surface area contributed by atoms with Crippen LogP contribution in [-0.2, 0) is 0 Å². The Morgan fingerprint density at radius 1 is 1.24 bits per heavy atom. The van der Waals surface area contributed by atoms with Gasteiger partial charge in [-0.25, -0.2) is 0 Å². The van der Waals surface area contributed by atoms with Crippen molar-refractivity contribution in [3.05, 3.63) is 12.7 Å². The molecule has 0 heterocycles. The van der Waals surface area contributed by atoms with Crippen molar-refractivity contribution >= 4 is 6.21 Å². The lowest BCUT2D eigenvalue weighted by Crippen LogP contribution is -2.07. The van der Waals surface area contributed by atoms with Crippen LogP contribution in [0.3, 0.4) is 0 Å². The molecule has 0 radical (unpaired) electrons. The highest BCUT2D eigenvalue weighted by atomic mass is 14.7. The van der Waals surface area contributed by atoms with Crippen LogP contribution in [0.15, 0.2) is 17.6 Å². The van der Waals surface area contributed by atoms with E-state index < -0.39 is 0 Å². The zero-order valence-corrected chi connectivity index (χ0v) is 12.3. The van der Waals surface area contributed by atoms with Crippen LogP contribution in [0.1, 0.15) is 60.3 Å². The number of hydrogen-bond donors (Lipinski definition) is 0. The molecule has 0 fully saturated rings. The van der Waals surface area contributed by atoms with E-state index in [9.17, 15) is 0 Å². The highest BCUT2D eigenvalue weighted by molar-refractivity contribution is 5.57. The molecule has 1 unspecified atom stereocenters. The summed E-state index contributed by atoms with van der Waals surface area (Å²) < 4.78 is 0. The Morgan fingerprint density at radius 2 is 1.82 bits per heavy atom. The number of hydrogen-bond acceptors (Lipinski definition) is 1. The van der Waals surface area contributed by atoms with Gasteiger partial charge < -0.3 is 0 Å². The van der Waals surface area contributed by atoms with E-state index in [0.29, 0.717) is 6.54 Å². The van der Waals surface area contributed by atoms with E-state index in [1.165, 1.54) is 6.42 Å². The van der Waals surface area contributed by atoms with Gasteiger partial charge in [0.05, 0.1) is 6.54 Å². The van der Waals surface area contributed by atoms with E-state index in [0.717, 1.165) is 19.3 Å². The summed E-state index contributed by atoms with van der Waals surface area (Å²) in [5, 5.41) is 0. The molecule has 0 aromatic heterocycles. The predicted molar refractivity (Wildman–Crippen MR) is 80.6 cm³/mol. The molecule has 0 N–H and O–H groups in total. The van der Waals surface area contributed by atoms with Crippen molar-refractivity contribution in [2.45, 2.75) is 60.3 Å². The van der Waals surface area contributed by atoms with Gasteiger partial charge in [-0.1, -0.05) is 58.5 Å². The maximum absolute atomic E-state index is 4.20. The SMILES string of the molecule is C=CC(C)(C#CCN=CCCC)CC.CCC. The van der Waals surface area contributed by atoms with Gasteiger partial charge in [0.1, 0.15) is 0 Å². The molecule has 1 nitrogen and oxygen atoms in total. The summed E-state index contributed by atoms with van der Waals surface area (Å²) in [5.41, 5.74) is -0.0414. The Labute approximate surface area is 108 Å². The highest BCUT2D eigenvalue weighted by Gasteiger charge is 2.12. The van der Waals surface area contributed by atoms with E-state index in [1.54, 1.807) is 0 Å². The normalized spacial score (nSPS) is 13.0. The first kappa shape index (κ1) is 18.3. The van der Waals surface area contributed by atoms with E-state index >= 15 is 0 Å². The van der Waals surface area contributed by atoms with Crippen LogP contribution in [0.2, 0.25) is 0 Å². The number of allylic oxidation sites excluding steroid dienone is 1. The Bertz CT molecular complexity index is 254. The van der Waals surface area contributed by atoms with Crippen molar-refractivity contribution < 1.29 is 0 Å². The van der Waals surface area contributed by atoms with Gasteiger partial charge in [0.25, 0.3) is 0 Å². The maximum atomic E-state index is 4.20. The smallest absolute Gasteiger partial charge is 0.0993 e.